The first kappa shape index (κ1) is 32.5. The van der Waals surface area contributed by atoms with Gasteiger partial charge >= 0.3 is 12.4 Å². The van der Waals surface area contributed by atoms with Crippen molar-refractivity contribution in [1.82, 2.24) is 38.7 Å². The van der Waals surface area contributed by atoms with Crippen LogP contribution in [0.15, 0.2) is 163 Å². The largest absolute Gasteiger partial charge is 0.416 e. The van der Waals surface area contributed by atoms with Crippen LogP contribution in [0.5, 0.6) is 0 Å². The van der Waals surface area contributed by atoms with E-state index in [4.69, 9.17) is 49.3 Å². The molecule has 512 valence electrons. The summed E-state index contributed by atoms with van der Waals surface area (Å²) in [4.78, 5) is 62.7. The van der Waals surface area contributed by atoms with E-state index in [1.165, 1.54) is 0 Å². The van der Waals surface area contributed by atoms with Gasteiger partial charge in [-0.3, -0.25) is 19.2 Å². The lowest BCUT2D eigenvalue weighted by molar-refractivity contribution is -0.137. The molecule has 2 amide bonds. The van der Waals surface area contributed by atoms with Crippen LogP contribution >= 0.6 is 23.5 Å². The number of fused-ring (bicyclic) bond motifs is 2. The molecule has 22 heteroatoms. The average Bonchev–Trinajstić information content (AvgIpc) is 1.51. The van der Waals surface area contributed by atoms with Crippen molar-refractivity contribution >= 4 is 35.3 Å². The van der Waals surface area contributed by atoms with Crippen LogP contribution in [0, 0.1) is 23.4 Å². The number of thioether (sulfide) groups is 2. The highest BCUT2D eigenvalue weighted by molar-refractivity contribution is 7.98. The van der Waals surface area contributed by atoms with Crippen molar-refractivity contribution in [1.29, 1.82) is 0 Å². The van der Waals surface area contributed by atoms with E-state index < -0.39 is 362 Å². The van der Waals surface area contributed by atoms with Gasteiger partial charge in [0.05, 0.1) is 38.5 Å². The molecule has 0 saturated heterocycles. The van der Waals surface area contributed by atoms with Crippen molar-refractivity contribution in [3.8, 4) is 11.1 Å². The maximum Gasteiger partial charge on any atom is 0.416 e. The molecule has 0 spiro atoms. The van der Waals surface area contributed by atoms with Gasteiger partial charge in [-0.15, -0.1) is 0 Å². The van der Waals surface area contributed by atoms with Crippen molar-refractivity contribution in [2.24, 2.45) is 11.8 Å². The third-order valence-corrected chi connectivity index (χ3v) is 14.7. The highest BCUT2D eigenvalue weighted by atomic mass is 32.2. The Morgan fingerprint density at radius 3 is 1.62 bits per heavy atom. The molecule has 0 radical (unpaired) electrons. The molecule has 5 atom stereocenters. The van der Waals surface area contributed by atoms with Crippen molar-refractivity contribution in [2.45, 2.75) is 146 Å². The molecule has 0 fully saturated rings. The highest BCUT2D eigenvalue weighted by Crippen LogP contribution is 2.41. The number of benzene rings is 4. The zero-order chi connectivity index (χ0) is 112. The molecule has 2 aromatic heterocycles. The zero-order valence-electron chi connectivity index (χ0n) is 98.6. The number of aromatic nitrogens is 4. The minimum absolute atomic E-state index is 0.0292. The maximum absolute atomic E-state index is 15.4. The van der Waals surface area contributed by atoms with E-state index in [-0.39, 0.29) is 50.4 Å². The SMILES string of the molecule is [2H]C1=C(C2=C([2H])C([2H])=C(C(F)(F)F)C(C)C2[2H])C([2H])C([2H])C(C([2H])([2H])N(C(=O)C([2H])([2H])n2c(SC([2H])([2H])c3c([2H])c([2H])c(F)c([2H])c3[2H])nc(=O)c3c2CCC3)C([2H])([2H])C([2H])([2H])N(C([2H])([2H])C)C([2H])([2H])C)=C1[2H].[2H]c1c([2H])c(C([2H])([2H])Sc2nc(=O)c3c(n2C([2H])([2H])C(=O)N(C([2H])([2H])c2ccc(-c4ccc(C(F)(F)F)cc4)cc2)C([2H])([2H])C([2H])([2H])N(C([2H])([2H])C)C([2H])([2H])C)C([2H])([2H])C([2H])(C)C3([2H])[2H])c([2H])c([2H])c1F. The van der Waals surface area contributed by atoms with Crippen LogP contribution in [-0.2, 0) is 72.3 Å². The lowest BCUT2D eigenvalue weighted by Crippen LogP contribution is -2.42. The molecule has 6 aromatic rings. The van der Waals surface area contributed by atoms with E-state index in [9.17, 15) is 61.2 Å². The van der Waals surface area contributed by atoms with E-state index in [1.54, 1.807) is 0 Å². The quantitative estimate of drug-likeness (QED) is 0.0295. The molecular weight excluding hydrogens is 1280 g/mol. The lowest BCUT2D eigenvalue weighted by atomic mass is 9.82. The third kappa shape index (κ3) is 19.2. The Bertz CT molecular complexity index is 6340. The van der Waals surface area contributed by atoms with Gasteiger partial charge in [0, 0.05) is 111 Å². The first-order valence-corrected chi connectivity index (χ1v) is 29.4. The van der Waals surface area contributed by atoms with Crippen LogP contribution in [0.1, 0.15) is 178 Å². The number of nitrogens with zero attached hydrogens (tertiary/aromatic N) is 8. The third-order valence-electron chi connectivity index (χ3n) is 13.2. The summed E-state index contributed by atoms with van der Waals surface area (Å²) in [6.07, 6.45) is -25.5. The van der Waals surface area contributed by atoms with Gasteiger partial charge in [0.2, 0.25) is 11.8 Å². The Hall–Kier alpha value is -7.40. The van der Waals surface area contributed by atoms with Gasteiger partial charge in [0.15, 0.2) is 10.3 Å². The number of alkyl halides is 6. The summed E-state index contributed by atoms with van der Waals surface area (Å²) in [5, 5.41) is -2.82. The Morgan fingerprint density at radius 1 is 0.604 bits per heavy atom. The summed E-state index contributed by atoms with van der Waals surface area (Å²) in [7, 11) is 0. The fourth-order valence-electron chi connectivity index (χ4n) is 8.65. The summed E-state index contributed by atoms with van der Waals surface area (Å²) in [5.74, 6) is -14.0. The summed E-state index contributed by atoms with van der Waals surface area (Å²) in [6.45, 7) is -45.1. The van der Waals surface area contributed by atoms with Gasteiger partial charge in [0.25, 0.3) is 11.1 Å². The fraction of sp³-hybridized carbons (Fsp3) is 0.432. The molecular formula is C74H84F8N8O4S2. The van der Waals surface area contributed by atoms with Crippen molar-refractivity contribution in [2.75, 3.05) is 58.5 Å². The number of carbonyl (C=O) groups is 2. The summed E-state index contributed by atoms with van der Waals surface area (Å²) < 4.78 is 531. The Kier molecular flexibility index (Phi) is 11.3. The first-order valence-electron chi connectivity index (χ1n) is 52.0. The molecule has 2 heterocycles. The fourth-order valence-corrected chi connectivity index (χ4v) is 9.98. The van der Waals surface area contributed by atoms with Gasteiger partial charge in [-0.1, -0.05) is 155 Å². The van der Waals surface area contributed by atoms with E-state index in [2.05, 4.69) is 9.97 Å². The van der Waals surface area contributed by atoms with Gasteiger partial charge in [-0.2, -0.15) is 36.3 Å². The lowest BCUT2D eigenvalue weighted by Gasteiger charge is -2.30. The van der Waals surface area contributed by atoms with Crippen LogP contribution in [0.2, 0.25) is 0 Å². The summed E-state index contributed by atoms with van der Waals surface area (Å²) in [5.41, 5.74) is -23.7. The number of likely N-dealkylation sites (N-methyl/N-ethyl adjacent to an activating group) is 2. The average molecular weight is 1410 g/mol. The molecule has 0 aliphatic heterocycles. The molecule has 4 aliphatic carbocycles. The second-order valence-electron chi connectivity index (χ2n) is 19.6. The molecule has 10 rings (SSSR count). The minimum Gasteiger partial charge on any atom is -0.336 e. The zero-order valence-corrected chi connectivity index (χ0v) is 52.2. The summed E-state index contributed by atoms with van der Waals surface area (Å²) >= 11 is -0.964. The number of halogens is 8. The molecule has 4 aromatic carbocycles. The Morgan fingerprint density at radius 2 is 1.10 bits per heavy atom. The highest BCUT2D eigenvalue weighted by Gasteiger charge is 2.38. The topological polar surface area (TPSA) is 117 Å². The van der Waals surface area contributed by atoms with E-state index in [0.717, 1.165) is 43.3 Å². The molecule has 96 heavy (non-hydrogen) atoms. The molecule has 0 saturated carbocycles. The van der Waals surface area contributed by atoms with Gasteiger partial charge in [-0.25, -0.2) is 8.78 Å². The number of amides is 2. The monoisotopic (exact) mass is 1410 g/mol. The molecule has 0 bridgehead atoms. The molecule has 12 nitrogen and oxygen atoms in total. The van der Waals surface area contributed by atoms with Gasteiger partial charge in [-0.05, 0) is 164 Å². The smallest absolute Gasteiger partial charge is 0.336 e. The summed E-state index contributed by atoms with van der Waals surface area (Å²) in [6, 6.07) is -9.85. The molecule has 4 aliphatic rings. The number of allylic oxidation sites excluding steroid dienone is 7. The predicted molar refractivity (Wildman–Crippen MR) is 363 cm³/mol. The molecule has 0 N–H and O–H groups in total. The second kappa shape index (κ2) is 33.2. The van der Waals surface area contributed by atoms with Crippen LogP contribution in [-0.4, -0.2) is 115 Å². The Labute approximate surface area is 632 Å². The van der Waals surface area contributed by atoms with Crippen LogP contribution in [0.3, 0.4) is 0 Å². The van der Waals surface area contributed by atoms with E-state index >= 15 is 9.59 Å². The van der Waals surface area contributed by atoms with E-state index in [1.807, 2.05) is 0 Å². The predicted octanol–water partition coefficient (Wildman–Crippen LogP) is 14.9. The number of rotatable bonds is 26. The second-order valence-corrected chi connectivity index (χ2v) is 21.1. The maximum atomic E-state index is 15.4. The van der Waals surface area contributed by atoms with Crippen LogP contribution in [0.4, 0.5) is 35.1 Å². The van der Waals surface area contributed by atoms with Crippen molar-refractivity contribution < 1.29 is 111 Å². The number of carbonyl (C=O) groups excluding carboxylic acids is 2. The number of hydrogen-bond donors (Lipinski definition) is 0. The van der Waals surface area contributed by atoms with E-state index in [0.29, 0.717) is 46.8 Å². The van der Waals surface area contributed by atoms with Crippen LogP contribution in [0.25, 0.3) is 11.1 Å². The van der Waals surface area contributed by atoms with Gasteiger partial charge in [0.1, 0.15) is 24.6 Å². The minimum atomic E-state index is -5.26. The number of hydrogen-bond acceptors (Lipinski definition) is 10. The first-order chi connectivity index (χ1) is 64.3. The molecule has 5 unspecified atom stereocenters. The Balaban J connectivity index is 0.000000321. The van der Waals surface area contributed by atoms with Gasteiger partial charge < -0.3 is 28.7 Å². The van der Waals surface area contributed by atoms with Crippen LogP contribution < -0.4 is 11.1 Å². The standard InChI is InChI=1S/C37H40F4N4O2S.C37H44F4N4O2S/c1-4-43(5-2)18-19-44(22-26-6-10-28(11-7-26)29-12-14-30(15-13-29)37(39,40)41)34(46)23-45-33-21-25(3)20-32(33)35(47)42-36(45)48-24-27-8-16-31(38)17-9-27;1-4-43(5-2)19-20-44(22-26-9-13-28(14-10-26)29-15-18-32(25(3)21-29)37(39,40)41)34(46)23-45-33-8-6-7-31(33)35(47)42-36(45)48-24-27-11-16-30(38)17-12-27/h6-17,25H,4-5,18-24H2,1-3H3;9,11-13,15-18,25H,4-8,10,14,19-24H2,1-3H3/i4D2,5D2,8D,9D,16D,17D,18D2,19D2,20D2,21D2,22D2,23D2,24D2,25D;4D2,5D2,9D,10D,11D,12D,13D,14D,15D,16D,17D,18D,19D2,20D2,21D,22D2,23D2,24D2. The van der Waals surface area contributed by atoms with Crippen molar-refractivity contribution in [3.63, 3.8) is 0 Å². The van der Waals surface area contributed by atoms with Crippen molar-refractivity contribution in [3.05, 3.63) is 220 Å². The normalized spacial score (nSPS) is 30.0.